The van der Waals surface area contributed by atoms with Crippen molar-refractivity contribution >= 4 is 22.6 Å². The molecule has 0 aromatic carbocycles. The van der Waals surface area contributed by atoms with Crippen LogP contribution in [-0.2, 0) is 15.6 Å². The molecule has 0 amide bonds. The maximum absolute atomic E-state index is 12.0. The minimum Gasteiger partial charge on any atom is -0.264 e. The van der Waals surface area contributed by atoms with Crippen molar-refractivity contribution in [2.75, 3.05) is 18.8 Å². The van der Waals surface area contributed by atoms with Gasteiger partial charge in [-0.3, -0.25) is 9.67 Å². The summed E-state index contributed by atoms with van der Waals surface area (Å²) >= 11 is 0. The number of hydrogen-bond donors (Lipinski definition) is 0. The van der Waals surface area contributed by atoms with Gasteiger partial charge in [0.05, 0.1) is 30.5 Å². The van der Waals surface area contributed by atoms with Crippen molar-refractivity contribution < 1.29 is 8.42 Å². The molecule has 3 heterocycles. The first-order valence-corrected chi connectivity index (χ1v) is 9.41. The number of nitrogens with zero attached hydrogens (tertiary/aromatic N) is 7. The molecule has 130 valence electrons. The van der Waals surface area contributed by atoms with Gasteiger partial charge in [0.25, 0.3) is 0 Å². The van der Waals surface area contributed by atoms with Crippen LogP contribution in [0, 0.1) is 28.6 Å². The Bertz CT molecular complexity index is 897. The highest BCUT2D eigenvalue weighted by Gasteiger charge is 2.49. The van der Waals surface area contributed by atoms with Gasteiger partial charge in [0.2, 0.25) is 10.0 Å². The van der Waals surface area contributed by atoms with Gasteiger partial charge in [0.1, 0.15) is 23.8 Å². The van der Waals surface area contributed by atoms with Crippen LogP contribution in [0.1, 0.15) is 24.9 Å². The van der Waals surface area contributed by atoms with Crippen molar-refractivity contribution in [1.29, 1.82) is 10.5 Å². The van der Waals surface area contributed by atoms with E-state index in [1.807, 2.05) is 0 Å². The van der Waals surface area contributed by atoms with E-state index in [-0.39, 0.29) is 25.3 Å². The van der Waals surface area contributed by atoms with Crippen molar-refractivity contribution in [3.8, 4) is 12.1 Å². The molecular formula is C15H17N7O2S. The van der Waals surface area contributed by atoms with Crippen LogP contribution >= 0.6 is 0 Å². The number of hydrogen-bond acceptors (Lipinski definition) is 7. The predicted molar refractivity (Wildman–Crippen MR) is 90.3 cm³/mol. The van der Waals surface area contributed by atoms with Gasteiger partial charge in [-0.2, -0.15) is 19.9 Å². The lowest BCUT2D eigenvalue weighted by molar-refractivity contribution is 0.0717. The third-order valence-corrected chi connectivity index (χ3v) is 6.34. The minimum atomic E-state index is -3.29. The topological polar surface area (TPSA) is 127 Å². The monoisotopic (exact) mass is 359 g/mol. The number of sulfonamides is 1. The van der Waals surface area contributed by atoms with E-state index in [2.05, 4.69) is 27.2 Å². The van der Waals surface area contributed by atoms with Gasteiger partial charge in [-0.05, 0) is 6.92 Å². The molecular weight excluding hydrogens is 342 g/mol. The van der Waals surface area contributed by atoms with Crippen molar-refractivity contribution in [1.82, 2.24) is 14.1 Å². The van der Waals surface area contributed by atoms with E-state index < -0.39 is 27.5 Å². The second-order valence-corrected chi connectivity index (χ2v) is 8.37. The lowest BCUT2D eigenvalue weighted by Crippen LogP contribution is -2.64. The van der Waals surface area contributed by atoms with E-state index in [0.717, 1.165) is 5.56 Å². The molecule has 1 aromatic rings. The summed E-state index contributed by atoms with van der Waals surface area (Å²) in [5.74, 6) is -0.451. The molecule has 2 unspecified atom stereocenters. The van der Waals surface area contributed by atoms with Crippen molar-refractivity contribution in [3.05, 3.63) is 18.0 Å². The summed E-state index contributed by atoms with van der Waals surface area (Å²) in [6, 6.07) is 3.87. The lowest BCUT2D eigenvalue weighted by Gasteiger charge is -2.47. The van der Waals surface area contributed by atoms with Crippen LogP contribution in [0.4, 0.5) is 0 Å². The normalized spacial score (nSPS) is 25.1. The van der Waals surface area contributed by atoms with Crippen LogP contribution in [0.5, 0.6) is 0 Å². The highest BCUT2D eigenvalue weighted by atomic mass is 32.2. The van der Waals surface area contributed by atoms with Gasteiger partial charge in [0.15, 0.2) is 0 Å². The van der Waals surface area contributed by atoms with Gasteiger partial charge in [-0.25, -0.2) is 13.4 Å². The minimum absolute atomic E-state index is 0.0277. The predicted octanol–water partition coefficient (Wildman–Crippen LogP) is 0.451. The zero-order valence-corrected chi connectivity index (χ0v) is 14.5. The Morgan fingerprint density at radius 3 is 2.80 bits per heavy atom. The highest BCUT2D eigenvalue weighted by molar-refractivity contribution is 7.89. The fraction of sp³-hybridized carbons (Fsp3) is 0.533. The Morgan fingerprint density at radius 2 is 2.16 bits per heavy atom. The molecule has 0 spiro atoms. The molecule has 25 heavy (non-hydrogen) atoms. The summed E-state index contributed by atoms with van der Waals surface area (Å²) in [6.45, 7) is 2.03. The van der Waals surface area contributed by atoms with Crippen LogP contribution in [0.2, 0.25) is 0 Å². The van der Waals surface area contributed by atoms with Crippen LogP contribution < -0.4 is 0 Å². The molecule has 1 fully saturated rings. The van der Waals surface area contributed by atoms with Gasteiger partial charge >= 0.3 is 0 Å². The molecule has 1 saturated heterocycles. The van der Waals surface area contributed by atoms with E-state index >= 15 is 0 Å². The Morgan fingerprint density at radius 1 is 1.40 bits per heavy atom. The molecule has 9 nitrogen and oxygen atoms in total. The maximum Gasteiger partial charge on any atom is 0.213 e. The summed E-state index contributed by atoms with van der Waals surface area (Å²) in [6.07, 6.45) is 6.46. The smallest absolute Gasteiger partial charge is 0.213 e. The Kier molecular flexibility index (Phi) is 4.41. The molecule has 2 aliphatic rings. The Labute approximate surface area is 146 Å². The molecule has 0 bridgehead atoms. The Balaban J connectivity index is 1.85. The second kappa shape index (κ2) is 6.39. The van der Waals surface area contributed by atoms with Crippen LogP contribution in [-0.4, -0.2) is 53.9 Å². The summed E-state index contributed by atoms with van der Waals surface area (Å²) in [4.78, 5) is 8.12. The van der Waals surface area contributed by atoms with E-state index in [1.165, 1.54) is 10.6 Å². The van der Waals surface area contributed by atoms with E-state index in [9.17, 15) is 13.7 Å². The first kappa shape index (κ1) is 17.3. The molecule has 10 heteroatoms. The van der Waals surface area contributed by atoms with E-state index in [0.29, 0.717) is 0 Å². The van der Waals surface area contributed by atoms with Gasteiger partial charge < -0.3 is 0 Å². The third kappa shape index (κ3) is 2.95. The quantitative estimate of drug-likeness (QED) is 0.754. The molecule has 3 rings (SSSR count). The maximum atomic E-state index is 12.0. The summed E-state index contributed by atoms with van der Waals surface area (Å²) in [5, 5.41) is 22.7. The number of rotatable bonds is 5. The SMILES string of the molecule is CCS(=O)(=O)N1CC(CC#N)(n2cc(C3N=CN=CC3C#N)cn2)C1. The fourth-order valence-electron chi connectivity index (χ4n) is 3.04. The zero-order chi connectivity index (χ0) is 18.1. The van der Waals surface area contributed by atoms with Crippen LogP contribution in [0.25, 0.3) is 0 Å². The van der Waals surface area contributed by atoms with Crippen LogP contribution in [0.3, 0.4) is 0 Å². The van der Waals surface area contributed by atoms with Crippen molar-refractivity contribution in [2.45, 2.75) is 24.9 Å². The zero-order valence-electron chi connectivity index (χ0n) is 13.6. The van der Waals surface area contributed by atoms with E-state index in [1.54, 1.807) is 30.2 Å². The largest absolute Gasteiger partial charge is 0.264 e. The molecule has 0 N–H and O–H groups in total. The molecule has 0 aliphatic carbocycles. The second-order valence-electron chi connectivity index (χ2n) is 6.11. The first-order valence-electron chi connectivity index (χ1n) is 7.80. The molecule has 1 aromatic heterocycles. The average Bonchev–Trinajstić information content (AvgIpc) is 3.07. The highest BCUT2D eigenvalue weighted by Crippen LogP contribution is 2.35. The van der Waals surface area contributed by atoms with Gasteiger partial charge in [-0.15, -0.1) is 0 Å². The van der Waals surface area contributed by atoms with Gasteiger partial charge in [-0.1, -0.05) is 0 Å². The molecule has 0 radical (unpaired) electrons. The number of aromatic nitrogens is 2. The van der Waals surface area contributed by atoms with Gasteiger partial charge in [0, 0.05) is 31.1 Å². The summed E-state index contributed by atoms with van der Waals surface area (Å²) in [7, 11) is -3.29. The summed E-state index contributed by atoms with van der Waals surface area (Å²) in [5.41, 5.74) is 0.0622. The number of aliphatic imine (C=N–C) groups is 2. The first-order chi connectivity index (χ1) is 12.0. The van der Waals surface area contributed by atoms with Crippen molar-refractivity contribution in [2.24, 2.45) is 15.9 Å². The summed E-state index contributed by atoms with van der Waals surface area (Å²) < 4.78 is 27.0. The Hall–Kier alpha value is -2.56. The lowest BCUT2D eigenvalue weighted by atomic mass is 9.89. The molecule has 2 atom stereocenters. The standard InChI is InChI=1S/C15H17N7O2S/c1-2-25(23,24)21-9-15(10-21,3-4-16)22-8-13(7-20-22)14-12(5-17)6-18-11-19-14/h6-8,11-12,14H,2-3,9-10H2,1H3. The molecule has 0 saturated carbocycles. The third-order valence-electron chi connectivity index (χ3n) is 4.57. The van der Waals surface area contributed by atoms with Crippen LogP contribution in [0.15, 0.2) is 22.4 Å². The van der Waals surface area contributed by atoms with E-state index in [4.69, 9.17) is 5.26 Å². The fourth-order valence-corrected chi connectivity index (χ4v) is 4.28. The average molecular weight is 359 g/mol. The number of nitriles is 2. The van der Waals surface area contributed by atoms with Crippen molar-refractivity contribution in [3.63, 3.8) is 0 Å². The molecule has 2 aliphatic heterocycles.